The zero-order valence-corrected chi connectivity index (χ0v) is 20.5. The van der Waals surface area contributed by atoms with Crippen LogP contribution in [-0.4, -0.2) is 42.5 Å². The molecule has 2 N–H and O–H groups in total. The van der Waals surface area contributed by atoms with Gasteiger partial charge in [0, 0.05) is 6.54 Å². The van der Waals surface area contributed by atoms with Crippen LogP contribution in [-0.2, 0) is 4.79 Å². The van der Waals surface area contributed by atoms with Gasteiger partial charge in [0.25, 0.3) is 0 Å². The van der Waals surface area contributed by atoms with Crippen molar-refractivity contribution in [3.8, 4) is 5.75 Å². The summed E-state index contributed by atoms with van der Waals surface area (Å²) in [4.78, 5) is 14.8. The van der Waals surface area contributed by atoms with E-state index in [1.165, 1.54) is 5.56 Å². The second-order valence-electron chi connectivity index (χ2n) is 8.64. The van der Waals surface area contributed by atoms with Gasteiger partial charge in [0.2, 0.25) is 0 Å². The Bertz CT molecular complexity index is 594. The maximum Gasteiger partial charge on any atom is 0.311 e. The van der Waals surface area contributed by atoms with Crippen molar-refractivity contribution >= 4 is 28.6 Å². The molecule has 1 rings (SSSR count). The average Bonchev–Trinajstić information content (AvgIpc) is 2.62. The third-order valence-corrected chi connectivity index (χ3v) is 6.29. The van der Waals surface area contributed by atoms with Crippen LogP contribution in [0.4, 0.5) is 0 Å². The lowest BCUT2D eigenvalue weighted by Gasteiger charge is -2.27. The normalized spacial score (nSPS) is 15.9. The predicted octanol–water partition coefficient (Wildman–Crippen LogP) is 5.24. The van der Waals surface area contributed by atoms with Crippen molar-refractivity contribution in [2.75, 3.05) is 31.6 Å². The molecule has 28 heavy (non-hydrogen) atoms. The molecular weight excluding hydrogens is 463 g/mol. The first-order valence-corrected chi connectivity index (χ1v) is 12.0. The molecule has 0 spiro atoms. The van der Waals surface area contributed by atoms with Gasteiger partial charge < -0.3 is 15.4 Å². The molecule has 5 heteroatoms. The molecule has 0 aromatic heterocycles. The molecule has 3 atom stereocenters. The number of nitrogens with two attached hydrogens (primary N) is 1. The van der Waals surface area contributed by atoms with Gasteiger partial charge in [-0.25, -0.2) is 0 Å². The lowest BCUT2D eigenvalue weighted by atomic mass is 9.82. The molecule has 0 aliphatic heterocycles. The second-order valence-corrected chi connectivity index (χ2v) is 9.72. The van der Waals surface area contributed by atoms with Gasteiger partial charge in [-0.2, -0.15) is 0 Å². The molecule has 4 nitrogen and oxygen atoms in total. The molecule has 0 aliphatic carbocycles. The molecule has 0 radical (unpaired) electrons. The Hall–Kier alpha value is -0.660. The number of rotatable bonds is 13. The second kappa shape index (κ2) is 12.8. The van der Waals surface area contributed by atoms with Gasteiger partial charge in [-0.1, -0.05) is 61.9 Å². The Morgan fingerprint density at radius 1 is 1.32 bits per heavy atom. The number of benzene rings is 1. The van der Waals surface area contributed by atoms with E-state index in [9.17, 15) is 4.79 Å². The Kier molecular flexibility index (Phi) is 11.6. The molecule has 0 saturated heterocycles. The number of carbonyl (C=O) groups is 1. The third-order valence-electron chi connectivity index (χ3n) is 5.53. The number of halogens is 1. The Morgan fingerprint density at radius 3 is 2.61 bits per heavy atom. The van der Waals surface area contributed by atoms with E-state index in [-0.39, 0.29) is 11.4 Å². The number of alkyl halides is 1. The Morgan fingerprint density at radius 2 is 2.04 bits per heavy atom. The summed E-state index contributed by atoms with van der Waals surface area (Å²) in [5, 5.41) is 0. The van der Waals surface area contributed by atoms with Gasteiger partial charge in [0.05, 0.1) is 6.42 Å². The molecule has 1 aromatic rings. The molecule has 3 unspecified atom stereocenters. The fraction of sp³-hybridized carbons (Fsp3) is 0.696. The van der Waals surface area contributed by atoms with E-state index in [0.29, 0.717) is 30.6 Å². The van der Waals surface area contributed by atoms with Gasteiger partial charge >= 0.3 is 5.97 Å². The Labute approximate surface area is 185 Å². The minimum absolute atomic E-state index is 0.186. The predicted molar refractivity (Wildman–Crippen MR) is 127 cm³/mol. The number of hydrogen-bond donors (Lipinski definition) is 1. The van der Waals surface area contributed by atoms with Crippen molar-refractivity contribution in [3.05, 3.63) is 29.8 Å². The highest BCUT2D eigenvalue weighted by atomic mass is 127. The van der Waals surface area contributed by atoms with E-state index < -0.39 is 0 Å². The quantitative estimate of drug-likeness (QED) is 0.132. The van der Waals surface area contributed by atoms with E-state index in [1.54, 1.807) is 0 Å². The lowest BCUT2D eigenvalue weighted by molar-refractivity contribution is -0.136. The highest BCUT2D eigenvalue weighted by Gasteiger charge is 2.27. The van der Waals surface area contributed by atoms with Crippen molar-refractivity contribution < 1.29 is 9.53 Å². The van der Waals surface area contributed by atoms with Crippen molar-refractivity contribution in [2.24, 2.45) is 17.1 Å². The summed E-state index contributed by atoms with van der Waals surface area (Å²) in [6.07, 6.45) is 4.65. The zero-order chi connectivity index (χ0) is 21.2. The monoisotopic (exact) mass is 502 g/mol. The number of unbranched alkanes of at least 4 members (excludes halogenated alkanes) is 1. The van der Waals surface area contributed by atoms with Crippen molar-refractivity contribution in [3.63, 3.8) is 0 Å². The number of esters is 1. The van der Waals surface area contributed by atoms with Crippen LogP contribution < -0.4 is 10.5 Å². The molecule has 0 heterocycles. The van der Waals surface area contributed by atoms with Crippen LogP contribution in [0.25, 0.3) is 0 Å². The largest absolute Gasteiger partial charge is 0.427 e. The first-order chi connectivity index (χ1) is 13.2. The number of ether oxygens (including phenoxy) is 1. The molecule has 1 aromatic carbocycles. The Balaban J connectivity index is 2.78. The van der Waals surface area contributed by atoms with Gasteiger partial charge in [-0.15, -0.1) is 0 Å². The summed E-state index contributed by atoms with van der Waals surface area (Å²) >= 11 is 2.39. The van der Waals surface area contributed by atoms with Crippen LogP contribution in [0, 0.1) is 11.3 Å². The molecule has 0 bridgehead atoms. The summed E-state index contributed by atoms with van der Waals surface area (Å²) in [5.74, 6) is 1.44. The van der Waals surface area contributed by atoms with Crippen LogP contribution in [0.2, 0.25) is 0 Å². The van der Waals surface area contributed by atoms with Crippen LogP contribution in [0.5, 0.6) is 5.75 Å². The van der Waals surface area contributed by atoms with E-state index in [1.807, 2.05) is 18.2 Å². The summed E-state index contributed by atoms with van der Waals surface area (Å²) in [5.41, 5.74) is 7.03. The van der Waals surface area contributed by atoms with Gasteiger partial charge in [0.1, 0.15) is 5.75 Å². The molecule has 0 aliphatic rings. The summed E-state index contributed by atoms with van der Waals surface area (Å²) in [6.45, 7) is 8.14. The maximum absolute atomic E-state index is 12.6. The topological polar surface area (TPSA) is 55.6 Å². The molecule has 160 valence electrons. The number of hydrogen-bond acceptors (Lipinski definition) is 4. The van der Waals surface area contributed by atoms with Crippen molar-refractivity contribution in [2.45, 2.75) is 58.8 Å². The van der Waals surface area contributed by atoms with Gasteiger partial charge in [-0.05, 0) is 79.3 Å². The van der Waals surface area contributed by atoms with Crippen LogP contribution in [0.1, 0.15) is 64.4 Å². The minimum atomic E-state index is -0.188. The van der Waals surface area contributed by atoms with E-state index in [2.05, 4.69) is 68.4 Å². The molecule has 0 fully saturated rings. The van der Waals surface area contributed by atoms with E-state index >= 15 is 0 Å². The van der Waals surface area contributed by atoms with Crippen molar-refractivity contribution in [1.82, 2.24) is 4.90 Å². The molecular formula is C23H39IN2O2. The fourth-order valence-corrected chi connectivity index (χ4v) is 4.44. The third kappa shape index (κ3) is 8.78. The van der Waals surface area contributed by atoms with Crippen LogP contribution >= 0.6 is 22.6 Å². The minimum Gasteiger partial charge on any atom is -0.427 e. The SMILES string of the molecule is CCC(c1cccc(OC(=O)CC(C)(CN)CCCCI)c1)C(C)CN(C)C. The van der Waals surface area contributed by atoms with E-state index in [4.69, 9.17) is 10.5 Å². The first-order valence-electron chi connectivity index (χ1n) is 10.5. The zero-order valence-electron chi connectivity index (χ0n) is 18.3. The summed E-state index contributed by atoms with van der Waals surface area (Å²) in [7, 11) is 4.21. The smallest absolute Gasteiger partial charge is 0.311 e. The van der Waals surface area contributed by atoms with Crippen LogP contribution in [0.15, 0.2) is 24.3 Å². The van der Waals surface area contributed by atoms with Gasteiger partial charge in [0.15, 0.2) is 0 Å². The number of carbonyl (C=O) groups excluding carboxylic acids is 1. The van der Waals surface area contributed by atoms with E-state index in [0.717, 1.165) is 36.7 Å². The average molecular weight is 502 g/mol. The highest BCUT2D eigenvalue weighted by Crippen LogP contribution is 2.32. The fourth-order valence-electron chi connectivity index (χ4n) is 3.90. The maximum atomic E-state index is 12.6. The molecule has 0 amide bonds. The van der Waals surface area contributed by atoms with Gasteiger partial charge in [-0.3, -0.25) is 4.79 Å². The lowest BCUT2D eigenvalue weighted by Crippen LogP contribution is -2.31. The standard InChI is InChI=1S/C23H39IN2O2/c1-6-21(18(2)16-26(4)5)19-10-9-11-20(14-19)28-22(27)15-23(3,17-25)12-7-8-13-24/h9-11,14,18,21H,6-8,12-13,15-17,25H2,1-5H3. The highest BCUT2D eigenvalue weighted by molar-refractivity contribution is 14.1. The number of nitrogens with zero attached hydrogens (tertiary/aromatic N) is 1. The molecule has 0 saturated carbocycles. The first kappa shape index (κ1) is 25.4. The summed E-state index contributed by atoms with van der Waals surface area (Å²) in [6, 6.07) is 8.05. The summed E-state index contributed by atoms with van der Waals surface area (Å²) < 4.78 is 6.85. The van der Waals surface area contributed by atoms with Crippen LogP contribution in [0.3, 0.4) is 0 Å². The van der Waals surface area contributed by atoms with Crippen molar-refractivity contribution in [1.29, 1.82) is 0 Å².